The summed E-state index contributed by atoms with van der Waals surface area (Å²) < 4.78 is 5.10. The van der Waals surface area contributed by atoms with Crippen molar-refractivity contribution >= 4 is 29.1 Å². The largest absolute Gasteiger partial charge is 0.421 e. The second-order valence-corrected chi connectivity index (χ2v) is 3.02. The van der Waals surface area contributed by atoms with Crippen LogP contribution in [0.1, 0.15) is 0 Å². The van der Waals surface area contributed by atoms with Gasteiger partial charge in [0, 0.05) is 12.4 Å². The summed E-state index contributed by atoms with van der Waals surface area (Å²) >= 11 is 0. The molecule has 0 unspecified atom stereocenters. The van der Waals surface area contributed by atoms with Gasteiger partial charge in [-0.2, -0.15) is 0 Å². The molecular formula is C11H10N2O2. The maximum atomic E-state index is 11.5. The summed E-state index contributed by atoms with van der Waals surface area (Å²) in [6, 6.07) is 7.28. The van der Waals surface area contributed by atoms with Gasteiger partial charge in [-0.15, -0.1) is 0 Å². The number of aliphatic imine (C=N–C) groups is 1. The fraction of sp³-hybridized carbons (Fsp3) is 0.0909. The van der Waals surface area contributed by atoms with Crippen LogP contribution in [0.25, 0.3) is 11.0 Å². The highest BCUT2D eigenvalue weighted by atomic mass is 16.4. The molecule has 2 aromatic rings. The lowest BCUT2D eigenvalue weighted by atomic mass is 10.2. The van der Waals surface area contributed by atoms with E-state index >= 15 is 0 Å². The standard InChI is InChI=1S/C11H10N2O2/c1-12-9-7-5-3-4-6-8(7)15-11(14)10(9)13-2/h3-6,12H,2H2,1H3. The average molecular weight is 202 g/mol. The quantitative estimate of drug-likeness (QED) is 0.599. The van der Waals surface area contributed by atoms with Crippen LogP contribution in [0.2, 0.25) is 0 Å². The van der Waals surface area contributed by atoms with Crippen LogP contribution in [0, 0.1) is 0 Å². The van der Waals surface area contributed by atoms with E-state index in [1.807, 2.05) is 18.2 Å². The molecule has 0 radical (unpaired) electrons. The molecule has 15 heavy (non-hydrogen) atoms. The van der Waals surface area contributed by atoms with Gasteiger partial charge in [0.2, 0.25) is 0 Å². The summed E-state index contributed by atoms with van der Waals surface area (Å²) in [6.45, 7) is 3.36. The molecular weight excluding hydrogens is 192 g/mol. The van der Waals surface area contributed by atoms with E-state index in [0.717, 1.165) is 5.39 Å². The number of hydrogen-bond acceptors (Lipinski definition) is 4. The first-order valence-electron chi connectivity index (χ1n) is 4.48. The van der Waals surface area contributed by atoms with Crippen molar-refractivity contribution in [3.05, 3.63) is 34.7 Å². The van der Waals surface area contributed by atoms with E-state index in [1.165, 1.54) is 0 Å². The lowest BCUT2D eigenvalue weighted by Gasteiger charge is -2.06. The van der Waals surface area contributed by atoms with Crippen molar-refractivity contribution in [3.63, 3.8) is 0 Å². The van der Waals surface area contributed by atoms with Crippen LogP contribution in [0.4, 0.5) is 11.4 Å². The van der Waals surface area contributed by atoms with Gasteiger partial charge in [0.25, 0.3) is 0 Å². The minimum absolute atomic E-state index is 0.219. The fourth-order valence-corrected chi connectivity index (χ4v) is 1.54. The maximum absolute atomic E-state index is 11.5. The molecule has 76 valence electrons. The van der Waals surface area contributed by atoms with Crippen LogP contribution in [0.15, 0.2) is 38.5 Å². The molecule has 0 aliphatic rings. The summed E-state index contributed by atoms with van der Waals surface area (Å²) in [7, 11) is 1.73. The van der Waals surface area contributed by atoms with Crippen molar-refractivity contribution in [1.82, 2.24) is 0 Å². The number of rotatable bonds is 2. The first-order chi connectivity index (χ1) is 7.27. The van der Waals surface area contributed by atoms with E-state index in [2.05, 4.69) is 17.0 Å². The molecule has 0 spiro atoms. The molecule has 0 amide bonds. The molecule has 4 nitrogen and oxygen atoms in total. The third-order valence-corrected chi connectivity index (χ3v) is 2.20. The Morgan fingerprint density at radius 2 is 2.13 bits per heavy atom. The number of anilines is 1. The zero-order valence-electron chi connectivity index (χ0n) is 8.28. The van der Waals surface area contributed by atoms with Crippen LogP contribution < -0.4 is 10.9 Å². The van der Waals surface area contributed by atoms with E-state index in [-0.39, 0.29) is 5.69 Å². The minimum Gasteiger partial charge on any atom is -0.421 e. The van der Waals surface area contributed by atoms with Crippen molar-refractivity contribution in [2.45, 2.75) is 0 Å². The predicted octanol–water partition coefficient (Wildman–Crippen LogP) is 2.17. The third-order valence-electron chi connectivity index (χ3n) is 2.20. The molecule has 0 aliphatic heterocycles. The van der Waals surface area contributed by atoms with Crippen LogP contribution in [-0.2, 0) is 0 Å². The Labute approximate surface area is 86.3 Å². The molecule has 0 bridgehead atoms. The van der Waals surface area contributed by atoms with Crippen LogP contribution >= 0.6 is 0 Å². The van der Waals surface area contributed by atoms with Crippen molar-refractivity contribution in [1.29, 1.82) is 0 Å². The van der Waals surface area contributed by atoms with E-state index in [9.17, 15) is 4.79 Å². The van der Waals surface area contributed by atoms with Gasteiger partial charge in [0.05, 0.1) is 5.69 Å². The number of fused-ring (bicyclic) bond motifs is 1. The Morgan fingerprint density at radius 1 is 1.40 bits per heavy atom. The van der Waals surface area contributed by atoms with Crippen LogP contribution in [0.5, 0.6) is 0 Å². The maximum Gasteiger partial charge on any atom is 0.364 e. The number of hydrogen-bond donors (Lipinski definition) is 1. The molecule has 1 N–H and O–H groups in total. The van der Waals surface area contributed by atoms with Crippen LogP contribution in [-0.4, -0.2) is 13.8 Å². The van der Waals surface area contributed by atoms with Gasteiger partial charge in [-0.25, -0.2) is 4.79 Å². The highest BCUT2D eigenvalue weighted by Gasteiger charge is 2.11. The Kier molecular flexibility index (Phi) is 2.25. The molecule has 1 aromatic heterocycles. The molecule has 2 rings (SSSR count). The Hall–Kier alpha value is -2.10. The van der Waals surface area contributed by atoms with Crippen molar-refractivity contribution < 1.29 is 4.42 Å². The smallest absolute Gasteiger partial charge is 0.364 e. The summed E-state index contributed by atoms with van der Waals surface area (Å²) in [6.07, 6.45) is 0. The average Bonchev–Trinajstić information content (AvgIpc) is 2.27. The van der Waals surface area contributed by atoms with Crippen LogP contribution in [0.3, 0.4) is 0 Å². The van der Waals surface area contributed by atoms with Gasteiger partial charge in [-0.05, 0) is 18.9 Å². The summed E-state index contributed by atoms with van der Waals surface area (Å²) in [5.74, 6) is 0. The second-order valence-electron chi connectivity index (χ2n) is 3.02. The molecule has 0 saturated carbocycles. The molecule has 1 heterocycles. The molecule has 0 atom stereocenters. The first-order valence-corrected chi connectivity index (χ1v) is 4.48. The number of nitrogens with one attached hydrogen (secondary N) is 1. The zero-order valence-corrected chi connectivity index (χ0v) is 8.28. The Balaban J connectivity index is 2.97. The number of para-hydroxylation sites is 1. The van der Waals surface area contributed by atoms with Gasteiger partial charge in [-0.3, -0.25) is 4.99 Å². The van der Waals surface area contributed by atoms with Gasteiger partial charge >= 0.3 is 5.63 Å². The Morgan fingerprint density at radius 3 is 2.80 bits per heavy atom. The van der Waals surface area contributed by atoms with Gasteiger partial charge in [-0.1, -0.05) is 12.1 Å². The number of benzene rings is 1. The van der Waals surface area contributed by atoms with Gasteiger partial charge in [0.15, 0.2) is 5.69 Å². The van der Waals surface area contributed by atoms with E-state index in [1.54, 1.807) is 13.1 Å². The van der Waals surface area contributed by atoms with E-state index in [0.29, 0.717) is 11.3 Å². The Bertz CT molecular complexity index is 572. The molecule has 0 saturated heterocycles. The van der Waals surface area contributed by atoms with Crippen molar-refractivity contribution in [2.75, 3.05) is 12.4 Å². The van der Waals surface area contributed by atoms with Crippen molar-refractivity contribution in [2.24, 2.45) is 4.99 Å². The summed E-state index contributed by atoms with van der Waals surface area (Å²) in [4.78, 5) is 15.2. The molecule has 4 heteroatoms. The first kappa shape index (κ1) is 9.45. The predicted molar refractivity (Wildman–Crippen MR) is 61.2 cm³/mol. The summed E-state index contributed by atoms with van der Waals surface area (Å²) in [5, 5.41) is 3.76. The SMILES string of the molecule is C=Nc1c(NC)c2ccccc2oc1=O. The third kappa shape index (κ3) is 1.40. The zero-order chi connectivity index (χ0) is 10.8. The van der Waals surface area contributed by atoms with Gasteiger partial charge < -0.3 is 9.73 Å². The highest BCUT2D eigenvalue weighted by molar-refractivity contribution is 5.95. The fourth-order valence-electron chi connectivity index (χ4n) is 1.54. The lowest BCUT2D eigenvalue weighted by molar-refractivity contribution is 0.563. The van der Waals surface area contributed by atoms with E-state index < -0.39 is 5.63 Å². The normalized spacial score (nSPS) is 10.2. The monoisotopic (exact) mass is 202 g/mol. The topological polar surface area (TPSA) is 54.6 Å². The van der Waals surface area contributed by atoms with Crippen molar-refractivity contribution in [3.8, 4) is 0 Å². The second kappa shape index (κ2) is 3.57. The lowest BCUT2D eigenvalue weighted by Crippen LogP contribution is -2.03. The molecule has 0 aliphatic carbocycles. The van der Waals surface area contributed by atoms with Gasteiger partial charge in [0.1, 0.15) is 5.58 Å². The summed E-state index contributed by atoms with van der Waals surface area (Å²) in [5.41, 5.74) is 0.931. The number of nitrogens with zero attached hydrogens (tertiary/aromatic N) is 1. The minimum atomic E-state index is -0.479. The molecule has 0 fully saturated rings. The molecule has 1 aromatic carbocycles. The van der Waals surface area contributed by atoms with E-state index in [4.69, 9.17) is 4.42 Å². The highest BCUT2D eigenvalue weighted by Crippen LogP contribution is 2.29.